The Balaban J connectivity index is 1.32. The molecule has 1 saturated heterocycles. The van der Waals surface area contributed by atoms with Crippen LogP contribution in [0, 0.1) is 5.82 Å². The Hall–Kier alpha value is -3.20. The molecule has 0 unspecified atom stereocenters. The van der Waals surface area contributed by atoms with Crippen LogP contribution in [0.1, 0.15) is 12.0 Å². The molecule has 2 aromatic carbocycles. The van der Waals surface area contributed by atoms with Crippen LogP contribution in [-0.2, 0) is 14.3 Å². The van der Waals surface area contributed by atoms with E-state index in [1.165, 1.54) is 24.3 Å². The van der Waals surface area contributed by atoms with E-state index >= 15 is 0 Å². The maximum Gasteiger partial charge on any atom is 0.248 e. The summed E-state index contributed by atoms with van der Waals surface area (Å²) < 4.78 is 25.2. The average molecular weight is 486 g/mol. The highest BCUT2D eigenvalue weighted by atomic mass is 35.5. The zero-order chi connectivity index (χ0) is 23.9. The van der Waals surface area contributed by atoms with Crippen molar-refractivity contribution in [2.45, 2.75) is 6.42 Å². The number of benzene rings is 2. The summed E-state index contributed by atoms with van der Waals surface area (Å²) in [4.78, 5) is 26.8. The molecule has 0 atom stereocenters. The molecule has 2 aliphatic heterocycles. The van der Waals surface area contributed by atoms with Gasteiger partial charge in [-0.3, -0.25) is 14.5 Å². The quantitative estimate of drug-likeness (QED) is 0.577. The molecule has 0 aliphatic carbocycles. The summed E-state index contributed by atoms with van der Waals surface area (Å²) in [7, 11) is 0. The number of nitrogens with zero attached hydrogens (tertiary/aromatic N) is 1. The average Bonchev–Trinajstić information content (AvgIpc) is 2.84. The first kappa shape index (κ1) is 23.9. The number of ether oxygens (including phenoxy) is 2. The number of morpholine rings is 1. The highest BCUT2D eigenvalue weighted by Crippen LogP contribution is 2.29. The molecule has 34 heavy (non-hydrogen) atoms. The van der Waals surface area contributed by atoms with Gasteiger partial charge in [0.25, 0.3) is 0 Å². The van der Waals surface area contributed by atoms with Crippen LogP contribution in [0.15, 0.2) is 54.1 Å². The van der Waals surface area contributed by atoms with Crippen molar-refractivity contribution in [3.63, 3.8) is 0 Å². The molecule has 7 nitrogen and oxygen atoms in total. The van der Waals surface area contributed by atoms with Crippen LogP contribution >= 0.6 is 11.6 Å². The molecule has 2 amide bonds. The lowest BCUT2D eigenvalue weighted by Gasteiger charge is -2.26. The van der Waals surface area contributed by atoms with Gasteiger partial charge >= 0.3 is 0 Å². The van der Waals surface area contributed by atoms with Gasteiger partial charge in [-0.05, 0) is 48.0 Å². The first-order valence-corrected chi connectivity index (χ1v) is 11.4. The summed E-state index contributed by atoms with van der Waals surface area (Å²) in [5, 5.41) is 5.86. The molecule has 2 N–H and O–H groups in total. The Morgan fingerprint density at radius 1 is 1.12 bits per heavy atom. The van der Waals surface area contributed by atoms with Gasteiger partial charge in [0, 0.05) is 48.4 Å². The van der Waals surface area contributed by atoms with Gasteiger partial charge in [-0.1, -0.05) is 17.7 Å². The Kier molecular flexibility index (Phi) is 7.95. The summed E-state index contributed by atoms with van der Waals surface area (Å²) in [5.41, 5.74) is 2.03. The Bertz CT molecular complexity index is 1130. The van der Waals surface area contributed by atoms with Gasteiger partial charge < -0.3 is 20.1 Å². The van der Waals surface area contributed by atoms with Crippen molar-refractivity contribution in [1.29, 1.82) is 0 Å². The fraction of sp³-hybridized carbons (Fsp3) is 0.280. The molecule has 0 saturated carbocycles. The minimum Gasteiger partial charge on any atom is -0.488 e. The fourth-order valence-electron chi connectivity index (χ4n) is 3.62. The van der Waals surface area contributed by atoms with Crippen LogP contribution in [0.25, 0.3) is 6.08 Å². The number of carbonyl (C=O) groups excluding carboxylic acids is 2. The number of rotatable bonds is 7. The van der Waals surface area contributed by atoms with E-state index in [9.17, 15) is 14.0 Å². The number of carbonyl (C=O) groups is 2. The van der Waals surface area contributed by atoms with Crippen LogP contribution in [0.3, 0.4) is 0 Å². The lowest BCUT2D eigenvalue weighted by molar-refractivity contribution is -0.116. The van der Waals surface area contributed by atoms with Crippen LogP contribution in [0.5, 0.6) is 5.75 Å². The highest BCUT2D eigenvalue weighted by molar-refractivity contribution is 6.30. The first-order chi connectivity index (χ1) is 16.5. The van der Waals surface area contributed by atoms with E-state index in [1.54, 1.807) is 24.3 Å². The van der Waals surface area contributed by atoms with Crippen molar-refractivity contribution in [2.24, 2.45) is 0 Å². The molecular formula is C25H25ClFN3O4. The van der Waals surface area contributed by atoms with Gasteiger partial charge in [-0.15, -0.1) is 0 Å². The Morgan fingerprint density at radius 3 is 2.76 bits per heavy atom. The maximum atomic E-state index is 14.2. The zero-order valence-electron chi connectivity index (χ0n) is 18.5. The number of fused-ring (bicyclic) bond motifs is 1. The van der Waals surface area contributed by atoms with Gasteiger partial charge in [0.1, 0.15) is 18.2 Å². The summed E-state index contributed by atoms with van der Waals surface area (Å²) in [6.45, 7) is 3.76. The van der Waals surface area contributed by atoms with Crippen molar-refractivity contribution in [3.05, 3.63) is 70.5 Å². The molecule has 2 aromatic rings. The van der Waals surface area contributed by atoms with Crippen LogP contribution < -0.4 is 15.4 Å². The molecule has 0 bridgehead atoms. The van der Waals surface area contributed by atoms with Crippen molar-refractivity contribution >= 4 is 40.9 Å². The second kappa shape index (κ2) is 11.3. The van der Waals surface area contributed by atoms with Gasteiger partial charge in [0.15, 0.2) is 0 Å². The SMILES string of the molecule is O=C(/C=C/C1=Cc2cc(Cl)ccc2OC1)Nc1ccc(F)c(NC(=O)CCN2CCOCC2)c1. The van der Waals surface area contributed by atoms with E-state index < -0.39 is 11.7 Å². The van der Waals surface area contributed by atoms with Gasteiger partial charge in [-0.25, -0.2) is 4.39 Å². The van der Waals surface area contributed by atoms with E-state index in [0.717, 1.165) is 30.0 Å². The summed E-state index contributed by atoms with van der Waals surface area (Å²) in [6, 6.07) is 9.38. The molecule has 1 fully saturated rings. The molecule has 0 aromatic heterocycles. The zero-order valence-corrected chi connectivity index (χ0v) is 19.2. The van der Waals surface area contributed by atoms with Crippen LogP contribution in [0.2, 0.25) is 5.02 Å². The summed E-state index contributed by atoms with van der Waals surface area (Å²) in [5.74, 6) is -0.528. The van der Waals surface area contributed by atoms with E-state index in [0.29, 0.717) is 37.1 Å². The van der Waals surface area contributed by atoms with Crippen molar-refractivity contribution in [2.75, 3.05) is 50.1 Å². The van der Waals surface area contributed by atoms with E-state index in [4.69, 9.17) is 21.1 Å². The number of nitrogens with one attached hydrogen (secondary N) is 2. The third-order valence-corrected chi connectivity index (χ3v) is 5.66. The molecule has 2 heterocycles. The molecule has 178 valence electrons. The third-order valence-electron chi connectivity index (χ3n) is 5.42. The Labute approximate surface area is 202 Å². The predicted octanol–water partition coefficient (Wildman–Crippen LogP) is 4.11. The molecule has 0 radical (unpaired) electrons. The lowest BCUT2D eigenvalue weighted by Crippen LogP contribution is -2.38. The van der Waals surface area contributed by atoms with Crippen molar-refractivity contribution in [3.8, 4) is 5.75 Å². The van der Waals surface area contributed by atoms with Crippen LogP contribution in [0.4, 0.5) is 15.8 Å². The normalized spacial score (nSPS) is 15.9. The first-order valence-electron chi connectivity index (χ1n) is 11.0. The van der Waals surface area contributed by atoms with E-state index in [-0.39, 0.29) is 18.0 Å². The smallest absolute Gasteiger partial charge is 0.248 e. The molecule has 9 heteroatoms. The van der Waals surface area contributed by atoms with Gasteiger partial charge in [-0.2, -0.15) is 0 Å². The van der Waals surface area contributed by atoms with E-state index in [2.05, 4.69) is 15.5 Å². The number of anilines is 2. The number of amides is 2. The topological polar surface area (TPSA) is 79.9 Å². The predicted molar refractivity (Wildman–Crippen MR) is 130 cm³/mol. The van der Waals surface area contributed by atoms with E-state index in [1.807, 2.05) is 6.08 Å². The molecule has 0 spiro atoms. The monoisotopic (exact) mass is 485 g/mol. The second-order valence-corrected chi connectivity index (χ2v) is 8.40. The highest BCUT2D eigenvalue weighted by Gasteiger charge is 2.14. The molecule has 4 rings (SSSR count). The maximum absolute atomic E-state index is 14.2. The van der Waals surface area contributed by atoms with Crippen molar-refractivity contribution in [1.82, 2.24) is 4.90 Å². The minimum absolute atomic E-state index is 0.0191. The lowest BCUT2D eigenvalue weighted by atomic mass is 10.1. The second-order valence-electron chi connectivity index (χ2n) is 7.96. The fourth-order valence-corrected chi connectivity index (χ4v) is 3.81. The standard InChI is InChI=1S/C25H25ClFN3O4/c26-19-2-5-23-18(14-19)13-17(16-34-23)1-6-24(31)28-20-3-4-21(27)22(15-20)29-25(32)7-8-30-9-11-33-12-10-30/h1-6,13-15H,7-12,16H2,(H,28,31)(H,29,32)/b6-1+. The number of hydrogen-bond acceptors (Lipinski definition) is 5. The summed E-state index contributed by atoms with van der Waals surface area (Å²) >= 11 is 6.02. The van der Waals surface area contributed by atoms with Gasteiger partial charge in [0.2, 0.25) is 11.8 Å². The largest absolute Gasteiger partial charge is 0.488 e. The molecular weight excluding hydrogens is 461 g/mol. The minimum atomic E-state index is -0.574. The molecule has 2 aliphatic rings. The summed E-state index contributed by atoms with van der Waals surface area (Å²) in [6.07, 6.45) is 5.16. The van der Waals surface area contributed by atoms with Gasteiger partial charge in [0.05, 0.1) is 18.9 Å². The number of hydrogen-bond donors (Lipinski definition) is 2. The van der Waals surface area contributed by atoms with Crippen molar-refractivity contribution < 1.29 is 23.5 Å². The van der Waals surface area contributed by atoms with Crippen LogP contribution in [-0.4, -0.2) is 56.2 Å². The number of halogens is 2. The third kappa shape index (κ3) is 6.66. The Morgan fingerprint density at radius 2 is 1.94 bits per heavy atom.